The van der Waals surface area contributed by atoms with Crippen molar-refractivity contribution in [3.05, 3.63) is 59.7 Å². The number of carboxylic acid groups (broad SMARTS) is 1. The largest absolute Gasteiger partial charge is 0.480 e. The number of nitrogens with zero attached hydrogens (tertiary/aromatic N) is 1. The van der Waals surface area contributed by atoms with Crippen LogP contribution in [0.3, 0.4) is 0 Å². The van der Waals surface area contributed by atoms with E-state index in [1.165, 1.54) is 16.7 Å². The monoisotopic (exact) mass is 494 g/mol. The summed E-state index contributed by atoms with van der Waals surface area (Å²) in [6.07, 6.45) is 2.56. The summed E-state index contributed by atoms with van der Waals surface area (Å²) in [7, 11) is 0. The van der Waals surface area contributed by atoms with Gasteiger partial charge in [-0.25, -0.2) is 9.59 Å². The Labute approximate surface area is 209 Å². The van der Waals surface area contributed by atoms with Crippen LogP contribution in [0.5, 0.6) is 0 Å². The van der Waals surface area contributed by atoms with Crippen molar-refractivity contribution in [3.63, 3.8) is 0 Å². The molecular weight excluding hydrogens is 464 g/mol. The fraction of sp³-hybridized carbons (Fsp3) is 0.444. The number of fused-ring (bicyclic) bond motifs is 3. The number of carbonyl (C=O) groups is 3. The number of rotatable bonds is 8. The lowest BCUT2D eigenvalue weighted by atomic mass is 9.98. The van der Waals surface area contributed by atoms with Crippen molar-refractivity contribution in [1.29, 1.82) is 0 Å². The van der Waals surface area contributed by atoms with Crippen LogP contribution in [-0.4, -0.2) is 57.8 Å². The van der Waals surface area contributed by atoms with Crippen LogP contribution < -0.4 is 5.32 Å². The first-order valence-corrected chi connectivity index (χ1v) is 13.3. The number of alkyl carbamates (subject to hydrolysis) is 1. The van der Waals surface area contributed by atoms with Crippen LogP contribution >= 0.6 is 11.8 Å². The minimum Gasteiger partial charge on any atom is -0.480 e. The Balaban J connectivity index is 1.28. The van der Waals surface area contributed by atoms with Gasteiger partial charge >= 0.3 is 12.1 Å². The molecule has 2 aromatic rings. The van der Waals surface area contributed by atoms with Crippen molar-refractivity contribution in [1.82, 2.24) is 10.2 Å². The number of amides is 2. The van der Waals surface area contributed by atoms with Gasteiger partial charge in [-0.3, -0.25) is 4.79 Å². The summed E-state index contributed by atoms with van der Waals surface area (Å²) in [6, 6.07) is 14.6. The standard InChI is InChI=1S/C27H30N2O5S/c1-2-24-29(23(15-35-24)26(31)32)25(30)22(13-16-11-12-16)28-27(33)34-14-21-19-9-5-3-7-17(19)18-8-4-6-10-20(18)21/h3-10,16,21-24H,2,11-15H2,1H3,(H,28,33)(H,31,32)/t22-,23?,24?/m0/s1. The quantitative estimate of drug-likeness (QED) is 0.563. The van der Waals surface area contributed by atoms with E-state index >= 15 is 0 Å². The number of carbonyl (C=O) groups excluding carboxylic acids is 2. The number of aliphatic carboxylic acids is 1. The van der Waals surface area contributed by atoms with Crippen LogP contribution in [0.15, 0.2) is 48.5 Å². The number of carboxylic acids is 1. The van der Waals surface area contributed by atoms with E-state index in [1.54, 1.807) is 0 Å². The van der Waals surface area contributed by atoms with Crippen LogP contribution in [0.1, 0.15) is 49.7 Å². The SMILES string of the molecule is CCC1SCC(C(=O)O)N1C(=O)[C@H](CC1CC1)NC(=O)OCC1c2ccccc2-c2ccccc21. The molecule has 2 amide bonds. The summed E-state index contributed by atoms with van der Waals surface area (Å²) < 4.78 is 5.67. The lowest BCUT2D eigenvalue weighted by molar-refractivity contribution is -0.150. The van der Waals surface area contributed by atoms with Gasteiger partial charge in [-0.1, -0.05) is 68.3 Å². The Morgan fingerprint density at radius 3 is 2.29 bits per heavy atom. The molecule has 5 rings (SSSR count). The molecule has 7 nitrogen and oxygen atoms in total. The van der Waals surface area contributed by atoms with Gasteiger partial charge in [0.15, 0.2) is 0 Å². The van der Waals surface area contributed by atoms with E-state index in [0.29, 0.717) is 24.5 Å². The van der Waals surface area contributed by atoms with Crippen molar-refractivity contribution < 1.29 is 24.2 Å². The van der Waals surface area contributed by atoms with Gasteiger partial charge in [0, 0.05) is 11.7 Å². The van der Waals surface area contributed by atoms with Crippen molar-refractivity contribution in [2.75, 3.05) is 12.4 Å². The predicted molar refractivity (Wildman–Crippen MR) is 134 cm³/mol. The Hall–Kier alpha value is -3.00. The van der Waals surface area contributed by atoms with Crippen LogP contribution in [-0.2, 0) is 14.3 Å². The fourth-order valence-corrected chi connectivity index (χ4v) is 6.59. The van der Waals surface area contributed by atoms with Gasteiger partial charge in [-0.15, -0.1) is 11.8 Å². The molecule has 1 saturated carbocycles. The number of hydrogen-bond acceptors (Lipinski definition) is 5. The zero-order chi connectivity index (χ0) is 24.5. The molecule has 0 bridgehead atoms. The molecule has 8 heteroatoms. The summed E-state index contributed by atoms with van der Waals surface area (Å²) >= 11 is 1.48. The topological polar surface area (TPSA) is 95.9 Å². The summed E-state index contributed by atoms with van der Waals surface area (Å²) in [5.74, 6) is -0.665. The maximum atomic E-state index is 13.5. The molecule has 2 aliphatic carbocycles. The molecule has 2 fully saturated rings. The van der Waals surface area contributed by atoms with E-state index in [2.05, 4.69) is 29.6 Å². The molecule has 0 spiro atoms. The first kappa shape index (κ1) is 23.7. The van der Waals surface area contributed by atoms with Crippen molar-refractivity contribution in [2.24, 2.45) is 5.92 Å². The second-order valence-electron chi connectivity index (χ2n) is 9.50. The minimum atomic E-state index is -1.01. The van der Waals surface area contributed by atoms with Gasteiger partial charge in [0.2, 0.25) is 5.91 Å². The normalized spacial score (nSPS) is 21.8. The number of ether oxygens (including phenoxy) is 1. The Morgan fingerprint density at radius 1 is 1.09 bits per heavy atom. The predicted octanol–water partition coefficient (Wildman–Crippen LogP) is 4.46. The molecular formula is C27H30N2O5S. The fourth-order valence-electron chi connectivity index (χ4n) is 5.23. The van der Waals surface area contributed by atoms with E-state index in [0.717, 1.165) is 35.1 Å². The number of benzene rings is 2. The van der Waals surface area contributed by atoms with E-state index in [4.69, 9.17) is 4.74 Å². The van der Waals surface area contributed by atoms with Crippen LogP contribution in [0.4, 0.5) is 4.79 Å². The van der Waals surface area contributed by atoms with E-state index < -0.39 is 24.1 Å². The third-order valence-electron chi connectivity index (χ3n) is 7.18. The summed E-state index contributed by atoms with van der Waals surface area (Å²) in [5.41, 5.74) is 4.54. The van der Waals surface area contributed by atoms with E-state index in [9.17, 15) is 19.5 Å². The van der Waals surface area contributed by atoms with Gasteiger partial charge in [0.25, 0.3) is 0 Å². The minimum absolute atomic E-state index is 0.0680. The highest BCUT2D eigenvalue weighted by atomic mass is 32.2. The molecule has 35 heavy (non-hydrogen) atoms. The molecule has 1 saturated heterocycles. The smallest absolute Gasteiger partial charge is 0.407 e. The zero-order valence-corrected chi connectivity index (χ0v) is 20.5. The lowest BCUT2D eigenvalue weighted by Gasteiger charge is -2.31. The highest BCUT2D eigenvalue weighted by Gasteiger charge is 2.44. The molecule has 184 valence electrons. The van der Waals surface area contributed by atoms with Gasteiger partial charge in [-0.05, 0) is 41.0 Å². The van der Waals surface area contributed by atoms with E-state index in [1.807, 2.05) is 31.2 Å². The number of hydrogen-bond donors (Lipinski definition) is 2. The molecule has 3 atom stereocenters. The maximum Gasteiger partial charge on any atom is 0.407 e. The molecule has 0 radical (unpaired) electrons. The molecule has 0 aromatic heterocycles. The highest BCUT2D eigenvalue weighted by Crippen LogP contribution is 2.44. The molecule has 1 aliphatic heterocycles. The second kappa shape index (κ2) is 9.93. The molecule has 3 aliphatic rings. The van der Waals surface area contributed by atoms with Gasteiger partial charge in [0.1, 0.15) is 18.7 Å². The van der Waals surface area contributed by atoms with Crippen LogP contribution in [0.25, 0.3) is 11.1 Å². The zero-order valence-electron chi connectivity index (χ0n) is 19.7. The Kier molecular flexibility index (Phi) is 6.73. The average molecular weight is 495 g/mol. The molecule has 2 N–H and O–H groups in total. The van der Waals surface area contributed by atoms with Crippen molar-refractivity contribution in [2.45, 2.75) is 56.0 Å². The third-order valence-corrected chi connectivity index (χ3v) is 8.63. The lowest BCUT2D eigenvalue weighted by Crippen LogP contribution is -2.54. The third kappa shape index (κ3) is 4.76. The first-order valence-electron chi connectivity index (χ1n) is 12.3. The van der Waals surface area contributed by atoms with E-state index in [-0.39, 0.29) is 23.8 Å². The second-order valence-corrected chi connectivity index (χ2v) is 10.7. The summed E-state index contributed by atoms with van der Waals surface area (Å²) in [6.45, 7) is 2.11. The first-order chi connectivity index (χ1) is 17.0. The van der Waals surface area contributed by atoms with Crippen LogP contribution in [0.2, 0.25) is 0 Å². The van der Waals surface area contributed by atoms with Gasteiger partial charge in [0.05, 0.1) is 5.37 Å². The Morgan fingerprint density at radius 2 is 1.71 bits per heavy atom. The van der Waals surface area contributed by atoms with Gasteiger partial charge < -0.3 is 20.1 Å². The highest BCUT2D eigenvalue weighted by molar-refractivity contribution is 8.00. The summed E-state index contributed by atoms with van der Waals surface area (Å²) in [4.78, 5) is 39.6. The maximum absolute atomic E-state index is 13.5. The van der Waals surface area contributed by atoms with Crippen molar-refractivity contribution >= 4 is 29.7 Å². The molecule has 1 heterocycles. The van der Waals surface area contributed by atoms with Gasteiger partial charge in [-0.2, -0.15) is 0 Å². The number of nitrogens with one attached hydrogen (secondary N) is 1. The summed E-state index contributed by atoms with van der Waals surface area (Å²) in [5, 5.41) is 12.2. The van der Waals surface area contributed by atoms with Crippen LogP contribution in [0, 0.1) is 5.92 Å². The number of thioether (sulfide) groups is 1. The molecule has 2 aromatic carbocycles. The van der Waals surface area contributed by atoms with Crippen molar-refractivity contribution in [3.8, 4) is 11.1 Å². The average Bonchev–Trinajstić information content (AvgIpc) is 3.48. The molecule has 2 unspecified atom stereocenters. The Bertz CT molecular complexity index is 1090.